The molecule has 0 aliphatic carbocycles. The summed E-state index contributed by atoms with van der Waals surface area (Å²) in [5.41, 5.74) is 5.73. The van der Waals surface area contributed by atoms with Gasteiger partial charge in [-0.3, -0.25) is 0 Å². The maximum Gasteiger partial charge on any atom is 0.179 e. The Labute approximate surface area is 101 Å². The van der Waals surface area contributed by atoms with Crippen molar-refractivity contribution in [3.8, 4) is 6.07 Å². The summed E-state index contributed by atoms with van der Waals surface area (Å²) >= 11 is 0. The highest BCUT2D eigenvalue weighted by Crippen LogP contribution is 2.11. The van der Waals surface area contributed by atoms with Crippen LogP contribution in [0.1, 0.15) is 5.56 Å². The molecular weight excluding hydrogens is 238 g/mol. The first-order valence-corrected chi connectivity index (χ1v) is 6.89. The van der Waals surface area contributed by atoms with Gasteiger partial charge in [-0.2, -0.15) is 5.26 Å². The standard InChI is InChI=1S/C11H15N3O2S/c12-5-6-14-7-8-17(15,16)11-3-1-10(9-13)2-4-11/h1-4,14H,5-8,12H2. The van der Waals surface area contributed by atoms with Crippen LogP contribution in [0.4, 0.5) is 0 Å². The lowest BCUT2D eigenvalue weighted by atomic mass is 10.2. The SMILES string of the molecule is N#Cc1ccc(S(=O)(=O)CCNCCN)cc1. The van der Waals surface area contributed by atoms with Crippen molar-refractivity contribution in [2.45, 2.75) is 4.90 Å². The van der Waals surface area contributed by atoms with E-state index < -0.39 is 9.84 Å². The van der Waals surface area contributed by atoms with Crippen LogP contribution >= 0.6 is 0 Å². The number of nitrogens with one attached hydrogen (secondary N) is 1. The number of nitrogens with two attached hydrogens (primary N) is 1. The van der Waals surface area contributed by atoms with E-state index in [1.165, 1.54) is 24.3 Å². The average Bonchev–Trinajstić information content (AvgIpc) is 2.35. The third kappa shape index (κ3) is 4.15. The molecule has 1 aromatic carbocycles. The van der Waals surface area contributed by atoms with Crippen LogP contribution in [0, 0.1) is 11.3 Å². The average molecular weight is 253 g/mol. The maximum absolute atomic E-state index is 11.8. The van der Waals surface area contributed by atoms with Gasteiger partial charge in [-0.05, 0) is 24.3 Å². The Morgan fingerprint density at radius 2 is 1.88 bits per heavy atom. The van der Waals surface area contributed by atoms with Gasteiger partial charge < -0.3 is 11.1 Å². The molecule has 0 heterocycles. The molecule has 5 nitrogen and oxygen atoms in total. The first-order valence-electron chi connectivity index (χ1n) is 5.24. The number of hydrogen-bond acceptors (Lipinski definition) is 5. The van der Waals surface area contributed by atoms with Gasteiger partial charge in [0.15, 0.2) is 9.84 Å². The van der Waals surface area contributed by atoms with E-state index in [4.69, 9.17) is 11.0 Å². The van der Waals surface area contributed by atoms with Crippen LogP contribution in [-0.4, -0.2) is 33.8 Å². The fourth-order valence-corrected chi connectivity index (χ4v) is 2.49. The third-order valence-corrected chi connectivity index (χ3v) is 3.94. The van der Waals surface area contributed by atoms with E-state index in [2.05, 4.69) is 5.32 Å². The monoisotopic (exact) mass is 253 g/mol. The van der Waals surface area contributed by atoms with Crippen LogP contribution in [0.3, 0.4) is 0 Å². The summed E-state index contributed by atoms with van der Waals surface area (Å²) in [6, 6.07) is 7.86. The quantitative estimate of drug-likeness (QED) is 0.689. The summed E-state index contributed by atoms with van der Waals surface area (Å²) in [4.78, 5) is 0.242. The number of nitriles is 1. The van der Waals surface area contributed by atoms with Gasteiger partial charge >= 0.3 is 0 Å². The zero-order valence-corrected chi connectivity index (χ0v) is 10.2. The van der Waals surface area contributed by atoms with Gasteiger partial charge in [-0.1, -0.05) is 0 Å². The Morgan fingerprint density at radius 1 is 1.24 bits per heavy atom. The maximum atomic E-state index is 11.8. The molecule has 0 saturated heterocycles. The molecule has 0 saturated carbocycles. The fraction of sp³-hybridized carbons (Fsp3) is 0.364. The summed E-state index contributed by atoms with van der Waals surface area (Å²) in [5, 5.41) is 11.5. The molecule has 0 aromatic heterocycles. The van der Waals surface area contributed by atoms with Gasteiger partial charge in [-0.15, -0.1) is 0 Å². The molecule has 0 amide bonds. The van der Waals surface area contributed by atoms with Crippen molar-refractivity contribution in [2.75, 3.05) is 25.4 Å². The Balaban J connectivity index is 2.66. The summed E-state index contributed by atoms with van der Waals surface area (Å²) in [6.07, 6.45) is 0. The minimum absolute atomic E-state index is 0.0267. The summed E-state index contributed by atoms with van der Waals surface area (Å²) in [5.74, 6) is 0.0267. The molecule has 1 aromatic rings. The fourth-order valence-electron chi connectivity index (χ4n) is 1.29. The predicted octanol–water partition coefficient (Wildman–Crippen LogP) is -0.120. The van der Waals surface area contributed by atoms with Gasteiger partial charge in [0.05, 0.1) is 22.3 Å². The molecule has 0 spiro atoms. The minimum atomic E-state index is -3.28. The van der Waals surface area contributed by atoms with Crippen molar-refractivity contribution in [1.29, 1.82) is 5.26 Å². The van der Waals surface area contributed by atoms with Crippen molar-refractivity contribution in [3.05, 3.63) is 29.8 Å². The Kier molecular flexibility index (Phi) is 5.10. The van der Waals surface area contributed by atoms with Crippen molar-refractivity contribution < 1.29 is 8.42 Å². The van der Waals surface area contributed by atoms with Crippen LogP contribution in [0.2, 0.25) is 0 Å². The molecule has 0 radical (unpaired) electrons. The Hall–Kier alpha value is -1.42. The molecule has 0 atom stereocenters. The van der Waals surface area contributed by atoms with Crippen LogP contribution in [0.15, 0.2) is 29.2 Å². The lowest BCUT2D eigenvalue weighted by molar-refractivity contribution is 0.591. The van der Waals surface area contributed by atoms with Crippen LogP contribution in [0.5, 0.6) is 0 Å². The van der Waals surface area contributed by atoms with Gasteiger partial charge in [-0.25, -0.2) is 8.42 Å². The molecule has 0 aliphatic rings. The number of nitrogens with zero attached hydrogens (tertiary/aromatic N) is 1. The zero-order valence-electron chi connectivity index (χ0n) is 9.39. The van der Waals surface area contributed by atoms with E-state index in [-0.39, 0.29) is 10.6 Å². The minimum Gasteiger partial charge on any atom is -0.329 e. The third-order valence-electron chi connectivity index (χ3n) is 2.21. The summed E-state index contributed by atoms with van der Waals surface area (Å²) in [7, 11) is -3.28. The van der Waals surface area contributed by atoms with Crippen LogP contribution in [-0.2, 0) is 9.84 Å². The molecule has 6 heteroatoms. The molecule has 17 heavy (non-hydrogen) atoms. The van der Waals surface area contributed by atoms with Crippen LogP contribution in [0.25, 0.3) is 0 Å². The normalized spacial score (nSPS) is 11.1. The number of hydrogen-bond donors (Lipinski definition) is 2. The Bertz CT molecular complexity index is 488. The molecule has 0 bridgehead atoms. The van der Waals surface area contributed by atoms with E-state index in [1.54, 1.807) is 0 Å². The van der Waals surface area contributed by atoms with Gasteiger partial charge in [0, 0.05) is 19.6 Å². The van der Waals surface area contributed by atoms with E-state index in [9.17, 15) is 8.42 Å². The lowest BCUT2D eigenvalue weighted by Crippen LogP contribution is -2.27. The van der Waals surface area contributed by atoms with Gasteiger partial charge in [0.25, 0.3) is 0 Å². The van der Waals surface area contributed by atoms with Crippen molar-refractivity contribution in [3.63, 3.8) is 0 Å². The van der Waals surface area contributed by atoms with E-state index in [0.29, 0.717) is 25.2 Å². The number of benzene rings is 1. The highest BCUT2D eigenvalue weighted by molar-refractivity contribution is 7.91. The zero-order chi connectivity index (χ0) is 12.7. The highest BCUT2D eigenvalue weighted by atomic mass is 32.2. The molecule has 92 valence electrons. The van der Waals surface area contributed by atoms with Gasteiger partial charge in [0.2, 0.25) is 0 Å². The smallest absolute Gasteiger partial charge is 0.179 e. The van der Waals surface area contributed by atoms with Crippen LogP contribution < -0.4 is 11.1 Å². The van der Waals surface area contributed by atoms with Crippen molar-refractivity contribution in [2.24, 2.45) is 5.73 Å². The second kappa shape index (κ2) is 6.35. The number of rotatable bonds is 6. The first kappa shape index (κ1) is 13.6. The highest BCUT2D eigenvalue weighted by Gasteiger charge is 2.13. The van der Waals surface area contributed by atoms with Crippen molar-refractivity contribution >= 4 is 9.84 Å². The molecule has 1 rings (SSSR count). The lowest BCUT2D eigenvalue weighted by Gasteiger charge is -2.05. The summed E-state index contributed by atoms with van der Waals surface area (Å²) in [6.45, 7) is 1.46. The molecule has 3 N–H and O–H groups in total. The van der Waals surface area contributed by atoms with E-state index >= 15 is 0 Å². The second-order valence-electron chi connectivity index (χ2n) is 3.49. The summed E-state index contributed by atoms with van der Waals surface area (Å²) < 4.78 is 23.7. The van der Waals surface area contributed by atoms with Gasteiger partial charge in [0.1, 0.15) is 0 Å². The van der Waals surface area contributed by atoms with E-state index in [0.717, 1.165) is 0 Å². The van der Waals surface area contributed by atoms with Crippen molar-refractivity contribution in [1.82, 2.24) is 5.32 Å². The second-order valence-corrected chi connectivity index (χ2v) is 5.60. The first-order chi connectivity index (χ1) is 8.10. The number of sulfone groups is 1. The molecular formula is C11H15N3O2S. The topological polar surface area (TPSA) is 96.0 Å². The largest absolute Gasteiger partial charge is 0.329 e. The van der Waals surface area contributed by atoms with E-state index in [1.807, 2.05) is 6.07 Å². The predicted molar refractivity (Wildman–Crippen MR) is 65.1 cm³/mol. The molecule has 0 unspecified atom stereocenters. The molecule has 0 fully saturated rings. The molecule has 0 aliphatic heterocycles. The Morgan fingerprint density at radius 3 is 2.41 bits per heavy atom.